The second-order valence-electron chi connectivity index (χ2n) is 3.98. The summed E-state index contributed by atoms with van der Waals surface area (Å²) in [4.78, 5) is 11.9. The fourth-order valence-corrected chi connectivity index (χ4v) is 4.02. The maximum atomic E-state index is 11.9. The Balaban J connectivity index is 2.11. The molecule has 0 saturated carbocycles. The van der Waals surface area contributed by atoms with E-state index in [0.717, 1.165) is 19.0 Å². The molecular weight excluding hydrogens is 450 g/mol. The van der Waals surface area contributed by atoms with Gasteiger partial charge >= 0.3 is 0 Å². The molecule has 0 heterocycles. The molecule has 0 atom stereocenters. The third kappa shape index (κ3) is 4.30. The molecule has 0 fully saturated rings. The molecule has 5 heteroatoms. The van der Waals surface area contributed by atoms with Crippen LogP contribution in [0.4, 0.5) is 5.69 Å². The molecule has 2 aromatic carbocycles. The van der Waals surface area contributed by atoms with Crippen LogP contribution in [0.2, 0.25) is 0 Å². The van der Waals surface area contributed by atoms with Crippen molar-refractivity contribution in [2.45, 2.75) is 0 Å². The summed E-state index contributed by atoms with van der Waals surface area (Å²) in [5.41, 5.74) is 1.69. The summed E-state index contributed by atoms with van der Waals surface area (Å²) in [6.45, 7) is 0. The van der Waals surface area contributed by atoms with Crippen molar-refractivity contribution in [3.63, 3.8) is 0 Å². The Morgan fingerprint density at radius 1 is 1.00 bits per heavy atom. The first-order chi connectivity index (χ1) is 9.56. The smallest absolute Gasteiger partial charge is 0.248 e. The van der Waals surface area contributed by atoms with Crippen LogP contribution < -0.4 is 5.32 Å². The predicted molar refractivity (Wildman–Crippen MR) is 93.6 cm³/mol. The van der Waals surface area contributed by atoms with Gasteiger partial charge in [-0.2, -0.15) is 0 Å². The number of carbonyl (C=O) groups excluding carboxylic acids is 1. The molecule has 0 unspecified atom stereocenters. The fraction of sp³-hybridized carbons (Fsp3) is 0. The number of carbonyl (C=O) groups is 1. The molecule has 0 aliphatic carbocycles. The number of halogens is 3. The molecule has 0 aliphatic rings. The molecule has 20 heavy (non-hydrogen) atoms. The van der Waals surface area contributed by atoms with Crippen LogP contribution in [-0.4, -0.2) is 5.91 Å². The van der Waals surface area contributed by atoms with Crippen molar-refractivity contribution in [1.82, 2.24) is 0 Å². The van der Waals surface area contributed by atoms with Crippen molar-refractivity contribution in [2.75, 3.05) is 5.32 Å². The van der Waals surface area contributed by atoms with Crippen molar-refractivity contribution in [2.24, 2.45) is 0 Å². The van der Waals surface area contributed by atoms with Crippen molar-refractivity contribution >= 4 is 65.5 Å². The van der Waals surface area contributed by atoms with Crippen LogP contribution >= 0.6 is 47.8 Å². The summed E-state index contributed by atoms with van der Waals surface area (Å²) in [6.07, 6.45) is 3.28. The van der Waals surface area contributed by atoms with Gasteiger partial charge in [0.15, 0.2) is 0 Å². The van der Waals surface area contributed by atoms with Crippen LogP contribution in [0.1, 0.15) is 5.56 Å². The number of benzene rings is 2. The van der Waals surface area contributed by atoms with Gasteiger partial charge in [-0.3, -0.25) is 4.79 Å². The van der Waals surface area contributed by atoms with E-state index in [1.165, 1.54) is 6.08 Å². The maximum Gasteiger partial charge on any atom is 0.248 e. The number of hydrogen-bond donors (Lipinski definition) is 1. The molecule has 2 aromatic rings. The Labute approximate surface area is 142 Å². The molecule has 0 aliphatic heterocycles. The number of hydrogen-bond acceptors (Lipinski definition) is 1. The van der Waals surface area contributed by atoms with E-state index in [1.54, 1.807) is 6.08 Å². The molecule has 0 radical (unpaired) electrons. The zero-order valence-electron chi connectivity index (χ0n) is 10.2. The van der Waals surface area contributed by atoms with Gasteiger partial charge in [0.1, 0.15) is 0 Å². The van der Waals surface area contributed by atoms with E-state index in [0.29, 0.717) is 5.69 Å². The molecule has 0 bridgehead atoms. The largest absolute Gasteiger partial charge is 0.321 e. The molecular formula is C15H10Br3NO. The van der Waals surface area contributed by atoms with Gasteiger partial charge in [0.25, 0.3) is 0 Å². The van der Waals surface area contributed by atoms with Crippen molar-refractivity contribution < 1.29 is 4.79 Å². The fourth-order valence-electron chi connectivity index (χ4n) is 1.56. The Morgan fingerprint density at radius 3 is 2.20 bits per heavy atom. The van der Waals surface area contributed by atoms with E-state index in [-0.39, 0.29) is 5.91 Å². The lowest BCUT2D eigenvalue weighted by atomic mass is 10.2. The van der Waals surface area contributed by atoms with Crippen LogP contribution in [0.15, 0.2) is 62.0 Å². The summed E-state index contributed by atoms with van der Waals surface area (Å²) in [5.74, 6) is -0.183. The topological polar surface area (TPSA) is 29.1 Å². The lowest BCUT2D eigenvalue weighted by Gasteiger charge is -2.08. The van der Waals surface area contributed by atoms with Crippen LogP contribution in [0.25, 0.3) is 6.08 Å². The van der Waals surface area contributed by atoms with E-state index < -0.39 is 0 Å². The number of nitrogens with one attached hydrogen (secondary N) is 1. The zero-order chi connectivity index (χ0) is 14.5. The molecule has 102 valence electrons. The zero-order valence-corrected chi connectivity index (χ0v) is 15.0. The number of anilines is 1. The Bertz CT molecular complexity index is 630. The quantitative estimate of drug-likeness (QED) is 0.592. The summed E-state index contributed by atoms with van der Waals surface area (Å²) >= 11 is 10.2. The average molecular weight is 460 g/mol. The average Bonchev–Trinajstić information content (AvgIpc) is 2.42. The highest BCUT2D eigenvalue weighted by molar-refractivity contribution is 9.11. The van der Waals surface area contributed by atoms with Crippen molar-refractivity contribution in [3.05, 3.63) is 67.5 Å². The number of amides is 1. The van der Waals surface area contributed by atoms with E-state index in [9.17, 15) is 4.79 Å². The van der Waals surface area contributed by atoms with Gasteiger partial charge in [0.2, 0.25) is 5.91 Å². The summed E-state index contributed by atoms with van der Waals surface area (Å²) in [7, 11) is 0. The molecule has 1 amide bonds. The van der Waals surface area contributed by atoms with E-state index in [1.807, 2.05) is 42.5 Å². The van der Waals surface area contributed by atoms with Crippen molar-refractivity contribution in [1.29, 1.82) is 0 Å². The molecule has 2 rings (SSSR count). The third-order valence-electron chi connectivity index (χ3n) is 2.48. The van der Waals surface area contributed by atoms with Crippen molar-refractivity contribution in [3.8, 4) is 0 Å². The molecule has 0 saturated heterocycles. The van der Waals surface area contributed by atoms with Gasteiger partial charge in [-0.25, -0.2) is 0 Å². The normalized spacial score (nSPS) is 10.8. The lowest BCUT2D eigenvalue weighted by molar-refractivity contribution is -0.111. The second kappa shape index (κ2) is 7.20. The molecule has 0 aromatic heterocycles. The first-order valence-corrected chi connectivity index (χ1v) is 8.13. The first-order valence-electron chi connectivity index (χ1n) is 5.75. The van der Waals surface area contributed by atoms with E-state index in [2.05, 4.69) is 53.1 Å². The van der Waals surface area contributed by atoms with Crippen LogP contribution in [0.3, 0.4) is 0 Å². The number of rotatable bonds is 3. The van der Waals surface area contributed by atoms with Gasteiger partial charge in [0.05, 0.1) is 5.69 Å². The monoisotopic (exact) mass is 457 g/mol. The van der Waals surface area contributed by atoms with Gasteiger partial charge in [0, 0.05) is 19.5 Å². The Morgan fingerprint density at radius 2 is 1.60 bits per heavy atom. The molecule has 2 nitrogen and oxygen atoms in total. The summed E-state index contributed by atoms with van der Waals surface area (Å²) in [6, 6.07) is 13.4. The summed E-state index contributed by atoms with van der Waals surface area (Å²) < 4.78 is 2.54. The van der Waals surface area contributed by atoms with Crippen LogP contribution in [-0.2, 0) is 4.79 Å². The van der Waals surface area contributed by atoms with Gasteiger partial charge < -0.3 is 5.32 Å². The minimum Gasteiger partial charge on any atom is -0.321 e. The molecule has 1 N–H and O–H groups in total. The van der Waals surface area contributed by atoms with E-state index in [4.69, 9.17) is 0 Å². The molecule has 0 spiro atoms. The highest BCUT2D eigenvalue weighted by Crippen LogP contribution is 2.34. The van der Waals surface area contributed by atoms with Gasteiger partial charge in [-0.15, -0.1) is 0 Å². The summed E-state index contributed by atoms with van der Waals surface area (Å²) in [5, 5.41) is 2.84. The Hall–Kier alpha value is -0.910. The minimum atomic E-state index is -0.183. The lowest BCUT2D eigenvalue weighted by Crippen LogP contribution is -2.08. The first kappa shape index (κ1) is 15.5. The van der Waals surface area contributed by atoms with Crippen LogP contribution in [0.5, 0.6) is 0 Å². The standard InChI is InChI=1S/C15H10Br3NO/c16-11-8-12(17)15(13(18)9-11)19-14(20)7-6-10-4-2-1-3-5-10/h1-9H,(H,19,20). The highest BCUT2D eigenvalue weighted by atomic mass is 79.9. The Kier molecular flexibility index (Phi) is 5.57. The van der Waals surface area contributed by atoms with Gasteiger partial charge in [-0.05, 0) is 55.6 Å². The predicted octanol–water partition coefficient (Wildman–Crippen LogP) is 5.63. The third-order valence-corrected chi connectivity index (χ3v) is 4.19. The second-order valence-corrected chi connectivity index (χ2v) is 6.60. The highest BCUT2D eigenvalue weighted by Gasteiger charge is 2.08. The SMILES string of the molecule is O=C(C=Cc1ccccc1)Nc1c(Br)cc(Br)cc1Br. The minimum absolute atomic E-state index is 0.183. The maximum absolute atomic E-state index is 11.9. The van der Waals surface area contributed by atoms with Crippen LogP contribution in [0, 0.1) is 0 Å². The van der Waals surface area contributed by atoms with Gasteiger partial charge in [-0.1, -0.05) is 46.3 Å². The van der Waals surface area contributed by atoms with E-state index >= 15 is 0 Å².